The molecule has 0 saturated heterocycles. The molecule has 0 unspecified atom stereocenters. The number of para-hydroxylation sites is 1. The molecule has 3 aromatic heterocycles. The van der Waals surface area contributed by atoms with E-state index in [1.54, 1.807) is 25.5 Å². The maximum absolute atomic E-state index is 13.6. The summed E-state index contributed by atoms with van der Waals surface area (Å²) in [5, 5.41) is 5.52. The van der Waals surface area contributed by atoms with E-state index in [-0.39, 0.29) is 24.6 Å². The number of fused-ring (bicyclic) bond motifs is 4. The van der Waals surface area contributed by atoms with Gasteiger partial charge in [0.2, 0.25) is 5.91 Å². The summed E-state index contributed by atoms with van der Waals surface area (Å²) < 4.78 is 38.9. The van der Waals surface area contributed by atoms with E-state index in [0.29, 0.717) is 23.1 Å². The number of anilines is 1. The van der Waals surface area contributed by atoms with Crippen molar-refractivity contribution in [3.8, 4) is 11.5 Å². The zero-order chi connectivity index (χ0) is 26.4. The van der Waals surface area contributed by atoms with E-state index >= 15 is 0 Å². The standard InChI is InChI=1S/C27H21F2N5O4/c1-2-32(18-9-10-22-23(12-18)38-27(28,29)37-22)24(35)16-34-26(36)25-19-7-3-4-8-20(19)33(21(25)14-31-34)15-17-6-5-11-30-13-17/h3-14H,2,15-16H2,1H3. The van der Waals surface area contributed by atoms with Gasteiger partial charge >= 0.3 is 6.29 Å². The van der Waals surface area contributed by atoms with E-state index in [1.807, 2.05) is 41.0 Å². The van der Waals surface area contributed by atoms with E-state index in [4.69, 9.17) is 0 Å². The third kappa shape index (κ3) is 4.01. The summed E-state index contributed by atoms with van der Waals surface area (Å²) in [6.07, 6.45) is 1.29. The Hall–Kier alpha value is -4.80. The van der Waals surface area contributed by atoms with Gasteiger partial charge in [-0.15, -0.1) is 8.78 Å². The molecular formula is C27H21F2N5O4. The first-order valence-electron chi connectivity index (χ1n) is 11.9. The molecule has 1 aliphatic rings. The highest BCUT2D eigenvalue weighted by Gasteiger charge is 2.43. The van der Waals surface area contributed by atoms with E-state index in [2.05, 4.69) is 19.6 Å². The highest BCUT2D eigenvalue weighted by molar-refractivity contribution is 6.07. The molecule has 9 nitrogen and oxygen atoms in total. The Bertz CT molecular complexity index is 1750. The molecule has 38 heavy (non-hydrogen) atoms. The number of amides is 1. The lowest BCUT2D eigenvalue weighted by atomic mass is 10.2. The fourth-order valence-corrected chi connectivity index (χ4v) is 4.77. The number of carbonyl (C=O) groups is 1. The molecular weight excluding hydrogens is 496 g/mol. The number of ether oxygens (including phenoxy) is 2. The maximum atomic E-state index is 13.6. The van der Waals surface area contributed by atoms with E-state index in [0.717, 1.165) is 21.1 Å². The lowest BCUT2D eigenvalue weighted by Crippen LogP contribution is -2.37. The van der Waals surface area contributed by atoms with Crippen molar-refractivity contribution < 1.29 is 23.0 Å². The minimum Gasteiger partial charge on any atom is -0.395 e. The molecule has 2 aromatic carbocycles. The lowest BCUT2D eigenvalue weighted by Gasteiger charge is -2.21. The number of carbonyl (C=O) groups excluding carboxylic acids is 1. The van der Waals surface area contributed by atoms with Gasteiger partial charge in [-0.1, -0.05) is 24.3 Å². The molecule has 6 rings (SSSR count). The predicted molar refractivity (Wildman–Crippen MR) is 136 cm³/mol. The van der Waals surface area contributed by atoms with E-state index in [1.165, 1.54) is 23.1 Å². The molecule has 0 atom stereocenters. The largest absolute Gasteiger partial charge is 0.586 e. The van der Waals surface area contributed by atoms with Gasteiger partial charge in [-0.05, 0) is 36.8 Å². The number of benzene rings is 2. The molecule has 0 bridgehead atoms. The molecule has 1 aliphatic heterocycles. The SMILES string of the molecule is CCN(C(=O)Cn1ncc2c(c1=O)c1ccccc1n2Cc1cccnc1)c1ccc2c(c1)OC(F)(F)O2. The van der Waals surface area contributed by atoms with Crippen LogP contribution in [-0.2, 0) is 17.9 Å². The van der Waals surface area contributed by atoms with Crippen molar-refractivity contribution in [3.05, 3.63) is 89.1 Å². The zero-order valence-corrected chi connectivity index (χ0v) is 20.2. The fourth-order valence-electron chi connectivity index (χ4n) is 4.77. The second kappa shape index (κ2) is 8.94. The van der Waals surface area contributed by atoms with Crippen molar-refractivity contribution in [2.24, 2.45) is 0 Å². The first-order valence-corrected chi connectivity index (χ1v) is 11.9. The summed E-state index contributed by atoms with van der Waals surface area (Å²) in [7, 11) is 0. The summed E-state index contributed by atoms with van der Waals surface area (Å²) >= 11 is 0. The molecule has 0 spiro atoms. The second-order valence-electron chi connectivity index (χ2n) is 8.77. The van der Waals surface area contributed by atoms with Gasteiger partial charge in [-0.2, -0.15) is 5.10 Å². The van der Waals surface area contributed by atoms with Crippen LogP contribution in [0.4, 0.5) is 14.5 Å². The van der Waals surface area contributed by atoms with Crippen LogP contribution < -0.4 is 19.9 Å². The summed E-state index contributed by atoms with van der Waals surface area (Å²) in [6.45, 7) is 2.13. The van der Waals surface area contributed by atoms with Gasteiger partial charge in [-0.3, -0.25) is 14.6 Å². The van der Waals surface area contributed by atoms with Crippen LogP contribution in [0.1, 0.15) is 12.5 Å². The molecule has 11 heteroatoms. The average molecular weight is 517 g/mol. The highest BCUT2D eigenvalue weighted by Crippen LogP contribution is 2.42. The number of rotatable bonds is 6. The molecule has 192 valence electrons. The Labute approximate surface area is 214 Å². The summed E-state index contributed by atoms with van der Waals surface area (Å²) in [5.74, 6) is -0.726. The molecule has 4 heterocycles. The van der Waals surface area contributed by atoms with Gasteiger partial charge < -0.3 is 18.9 Å². The van der Waals surface area contributed by atoms with Crippen LogP contribution >= 0.6 is 0 Å². The first kappa shape index (κ1) is 23.6. The molecule has 5 aromatic rings. The lowest BCUT2D eigenvalue weighted by molar-refractivity contribution is -0.286. The van der Waals surface area contributed by atoms with Gasteiger partial charge in [0.25, 0.3) is 5.56 Å². The number of halogens is 2. The topological polar surface area (TPSA) is 91.5 Å². The van der Waals surface area contributed by atoms with Gasteiger partial charge in [0.05, 0.1) is 17.1 Å². The van der Waals surface area contributed by atoms with E-state index < -0.39 is 17.8 Å². The Morgan fingerprint density at radius 3 is 2.63 bits per heavy atom. The van der Waals surface area contributed by atoms with Crippen LogP contribution in [0.2, 0.25) is 0 Å². The van der Waals surface area contributed by atoms with Crippen molar-refractivity contribution in [2.75, 3.05) is 11.4 Å². The summed E-state index contributed by atoms with van der Waals surface area (Å²) in [6, 6.07) is 15.5. The number of hydrogen-bond donors (Lipinski definition) is 0. The first-order chi connectivity index (χ1) is 18.3. The summed E-state index contributed by atoms with van der Waals surface area (Å²) in [4.78, 5) is 32.4. The summed E-state index contributed by atoms with van der Waals surface area (Å²) in [5.41, 5.74) is 2.40. The smallest absolute Gasteiger partial charge is 0.395 e. The predicted octanol–water partition coefficient (Wildman–Crippen LogP) is 4.17. The number of nitrogens with zero attached hydrogens (tertiary/aromatic N) is 5. The van der Waals surface area contributed by atoms with Crippen LogP contribution in [0, 0.1) is 0 Å². The average Bonchev–Trinajstić information content (AvgIpc) is 3.39. The second-order valence-corrected chi connectivity index (χ2v) is 8.77. The quantitative estimate of drug-likeness (QED) is 0.336. The maximum Gasteiger partial charge on any atom is 0.586 e. The Morgan fingerprint density at radius 2 is 1.84 bits per heavy atom. The molecule has 1 amide bonds. The Kier molecular flexibility index (Phi) is 5.55. The molecule has 0 aliphatic carbocycles. The molecule has 0 fully saturated rings. The van der Waals surface area contributed by atoms with Crippen molar-refractivity contribution in [3.63, 3.8) is 0 Å². The van der Waals surface area contributed by atoms with Crippen molar-refractivity contribution in [1.29, 1.82) is 0 Å². The number of hydrogen-bond acceptors (Lipinski definition) is 6. The van der Waals surface area contributed by atoms with Gasteiger partial charge in [-0.25, -0.2) is 4.68 Å². The fraction of sp³-hybridized carbons (Fsp3) is 0.185. The normalized spacial score (nSPS) is 13.8. The third-order valence-electron chi connectivity index (χ3n) is 6.44. The van der Waals surface area contributed by atoms with Crippen LogP contribution in [0.5, 0.6) is 11.5 Å². The van der Waals surface area contributed by atoms with Gasteiger partial charge in [0.1, 0.15) is 6.54 Å². The van der Waals surface area contributed by atoms with E-state index in [9.17, 15) is 18.4 Å². The van der Waals surface area contributed by atoms with Crippen molar-refractivity contribution in [1.82, 2.24) is 19.3 Å². The number of likely N-dealkylation sites (N-methyl/N-ethyl adjacent to an activating group) is 1. The van der Waals surface area contributed by atoms with Gasteiger partial charge in [0, 0.05) is 48.1 Å². The van der Waals surface area contributed by atoms with Crippen LogP contribution in [0.15, 0.2) is 78.0 Å². The monoisotopic (exact) mass is 517 g/mol. The zero-order valence-electron chi connectivity index (χ0n) is 20.2. The number of alkyl halides is 2. The minimum absolute atomic E-state index is 0.117. The molecule has 0 N–H and O–H groups in total. The van der Waals surface area contributed by atoms with Crippen molar-refractivity contribution >= 4 is 33.4 Å². The van der Waals surface area contributed by atoms with Crippen LogP contribution in [0.25, 0.3) is 21.8 Å². The third-order valence-corrected chi connectivity index (χ3v) is 6.44. The minimum atomic E-state index is -3.76. The highest BCUT2D eigenvalue weighted by atomic mass is 19.3. The Morgan fingerprint density at radius 1 is 1.03 bits per heavy atom. The Balaban J connectivity index is 1.35. The van der Waals surface area contributed by atoms with Crippen LogP contribution in [0.3, 0.4) is 0 Å². The molecule has 0 saturated carbocycles. The van der Waals surface area contributed by atoms with Crippen LogP contribution in [-0.4, -0.2) is 38.1 Å². The van der Waals surface area contributed by atoms with Crippen molar-refractivity contribution in [2.45, 2.75) is 26.3 Å². The number of aromatic nitrogens is 4. The molecule has 0 radical (unpaired) electrons. The number of pyridine rings is 1. The van der Waals surface area contributed by atoms with Gasteiger partial charge in [0.15, 0.2) is 11.5 Å².